The maximum Gasteiger partial charge on any atom is 0.238 e. The minimum atomic E-state index is -2.19. The van der Waals surface area contributed by atoms with Crippen LogP contribution in [0.25, 0.3) is 10.8 Å². The topological polar surface area (TPSA) is 26.0 Å². The van der Waals surface area contributed by atoms with Crippen molar-refractivity contribution in [3.8, 4) is 0 Å². The molecule has 0 aromatic heterocycles. The summed E-state index contributed by atoms with van der Waals surface area (Å²) in [6.07, 6.45) is 0.0437. The van der Waals surface area contributed by atoms with Gasteiger partial charge in [0.25, 0.3) is 0 Å². The Balaban J connectivity index is 2.09. The fraction of sp³-hybridized carbons (Fsp3) is 0.412. The summed E-state index contributed by atoms with van der Waals surface area (Å²) in [5.74, 6) is 0.249. The molecule has 1 nitrogen and oxygen atoms in total. The Hall–Kier alpha value is -1.48. The van der Waals surface area contributed by atoms with Crippen LogP contribution in [0.3, 0.4) is 0 Å². The SMILES string of the molecule is NCC(CCCCC(F)F)c1cccc2ccccc12. The second-order valence-corrected chi connectivity index (χ2v) is 5.18. The summed E-state index contributed by atoms with van der Waals surface area (Å²) in [4.78, 5) is 0. The molecule has 0 heterocycles. The summed E-state index contributed by atoms with van der Waals surface area (Å²) in [7, 11) is 0. The van der Waals surface area contributed by atoms with Crippen molar-refractivity contribution in [2.24, 2.45) is 5.73 Å². The molecule has 0 bridgehead atoms. The van der Waals surface area contributed by atoms with E-state index in [9.17, 15) is 8.78 Å². The molecule has 0 saturated heterocycles. The third-order valence-corrected chi connectivity index (χ3v) is 3.77. The van der Waals surface area contributed by atoms with E-state index in [-0.39, 0.29) is 12.3 Å². The van der Waals surface area contributed by atoms with E-state index in [4.69, 9.17) is 5.73 Å². The minimum absolute atomic E-state index is 0.00711. The lowest BCUT2D eigenvalue weighted by Gasteiger charge is -2.17. The molecule has 2 N–H and O–H groups in total. The average Bonchev–Trinajstić information content (AvgIpc) is 2.47. The number of rotatable bonds is 7. The highest BCUT2D eigenvalue weighted by atomic mass is 19.3. The third-order valence-electron chi connectivity index (χ3n) is 3.77. The maximum atomic E-state index is 12.1. The Labute approximate surface area is 118 Å². The number of nitrogens with two attached hydrogens (primary N) is 1. The van der Waals surface area contributed by atoms with Crippen molar-refractivity contribution < 1.29 is 8.78 Å². The standard InChI is InChI=1S/C17H21F2N/c18-17(19)11-4-2-7-14(12-20)16-10-5-8-13-6-1-3-9-15(13)16/h1,3,5-6,8-10,14,17H,2,4,7,11-12,20H2. The van der Waals surface area contributed by atoms with E-state index in [1.54, 1.807) is 0 Å². The summed E-state index contributed by atoms with van der Waals surface area (Å²) in [6.45, 7) is 0.558. The van der Waals surface area contributed by atoms with Gasteiger partial charge in [-0.1, -0.05) is 48.9 Å². The molecule has 2 rings (SSSR count). The first-order valence-corrected chi connectivity index (χ1v) is 7.18. The summed E-state index contributed by atoms with van der Waals surface area (Å²) >= 11 is 0. The van der Waals surface area contributed by atoms with E-state index in [1.165, 1.54) is 16.3 Å². The van der Waals surface area contributed by atoms with Crippen LogP contribution in [-0.2, 0) is 0 Å². The number of unbranched alkanes of at least 4 members (excludes halogenated alkanes) is 1. The van der Waals surface area contributed by atoms with Crippen molar-refractivity contribution >= 4 is 10.8 Å². The average molecular weight is 277 g/mol. The van der Waals surface area contributed by atoms with Crippen molar-refractivity contribution in [3.05, 3.63) is 48.0 Å². The van der Waals surface area contributed by atoms with E-state index in [2.05, 4.69) is 24.3 Å². The molecule has 3 heteroatoms. The summed E-state index contributed by atoms with van der Waals surface area (Å²) in [5, 5.41) is 2.43. The van der Waals surface area contributed by atoms with Gasteiger partial charge in [0.2, 0.25) is 6.43 Å². The smallest absolute Gasteiger partial charge is 0.238 e. The van der Waals surface area contributed by atoms with E-state index in [0.717, 1.165) is 12.8 Å². The van der Waals surface area contributed by atoms with Gasteiger partial charge in [0.05, 0.1) is 0 Å². The van der Waals surface area contributed by atoms with Crippen LogP contribution in [0.2, 0.25) is 0 Å². The second kappa shape index (κ2) is 7.34. The van der Waals surface area contributed by atoms with Crippen molar-refractivity contribution in [2.75, 3.05) is 6.54 Å². The van der Waals surface area contributed by atoms with Crippen molar-refractivity contribution in [1.82, 2.24) is 0 Å². The normalized spacial score (nSPS) is 13.0. The van der Waals surface area contributed by atoms with Crippen LogP contribution in [0.1, 0.15) is 37.2 Å². The fourth-order valence-electron chi connectivity index (χ4n) is 2.70. The number of benzene rings is 2. The third kappa shape index (κ3) is 3.76. The highest BCUT2D eigenvalue weighted by Crippen LogP contribution is 2.28. The summed E-state index contributed by atoms with van der Waals surface area (Å²) in [5.41, 5.74) is 7.13. The number of hydrogen-bond acceptors (Lipinski definition) is 1. The van der Waals surface area contributed by atoms with Crippen molar-refractivity contribution in [1.29, 1.82) is 0 Å². The Morgan fingerprint density at radius 2 is 1.60 bits per heavy atom. The molecule has 0 aliphatic carbocycles. The lowest BCUT2D eigenvalue weighted by Crippen LogP contribution is -2.13. The zero-order valence-electron chi connectivity index (χ0n) is 11.6. The molecule has 0 fully saturated rings. The molecule has 2 aromatic carbocycles. The van der Waals surface area contributed by atoms with Gasteiger partial charge in [-0.15, -0.1) is 0 Å². The second-order valence-electron chi connectivity index (χ2n) is 5.18. The zero-order chi connectivity index (χ0) is 14.4. The first-order valence-electron chi connectivity index (χ1n) is 7.18. The Morgan fingerprint density at radius 3 is 2.35 bits per heavy atom. The van der Waals surface area contributed by atoms with Gasteiger partial charge in [-0.05, 0) is 41.6 Å². The summed E-state index contributed by atoms with van der Waals surface area (Å²) in [6, 6.07) is 14.5. The number of hydrogen-bond donors (Lipinski definition) is 1. The summed E-state index contributed by atoms with van der Waals surface area (Å²) < 4.78 is 24.3. The molecule has 108 valence electrons. The van der Waals surface area contributed by atoms with Gasteiger partial charge >= 0.3 is 0 Å². The van der Waals surface area contributed by atoms with Crippen LogP contribution in [0.4, 0.5) is 8.78 Å². The molecule has 0 amide bonds. The van der Waals surface area contributed by atoms with Crippen molar-refractivity contribution in [2.45, 2.75) is 38.0 Å². The highest BCUT2D eigenvalue weighted by molar-refractivity contribution is 5.86. The lowest BCUT2D eigenvalue weighted by atomic mass is 9.89. The molecule has 0 radical (unpaired) electrons. The van der Waals surface area contributed by atoms with Crippen LogP contribution in [0.15, 0.2) is 42.5 Å². The lowest BCUT2D eigenvalue weighted by molar-refractivity contribution is 0.133. The van der Waals surface area contributed by atoms with Gasteiger partial charge in [-0.2, -0.15) is 0 Å². The predicted octanol–water partition coefficient (Wildman–Crippen LogP) is 4.71. The van der Waals surface area contributed by atoms with E-state index in [0.29, 0.717) is 13.0 Å². The van der Waals surface area contributed by atoms with E-state index in [1.807, 2.05) is 18.2 Å². The molecule has 0 saturated carbocycles. The Kier molecular flexibility index (Phi) is 5.48. The van der Waals surface area contributed by atoms with E-state index >= 15 is 0 Å². The number of alkyl halides is 2. The van der Waals surface area contributed by atoms with Gasteiger partial charge in [0.15, 0.2) is 0 Å². The Morgan fingerprint density at radius 1 is 0.900 bits per heavy atom. The molecule has 0 spiro atoms. The first-order chi connectivity index (χ1) is 9.72. The molecular weight excluding hydrogens is 256 g/mol. The molecule has 1 unspecified atom stereocenters. The van der Waals surface area contributed by atoms with Gasteiger partial charge in [0, 0.05) is 6.42 Å². The van der Waals surface area contributed by atoms with Crippen LogP contribution in [0, 0.1) is 0 Å². The molecule has 2 aromatic rings. The first kappa shape index (κ1) is 14.9. The van der Waals surface area contributed by atoms with Gasteiger partial charge in [-0.25, -0.2) is 8.78 Å². The molecule has 0 aliphatic heterocycles. The van der Waals surface area contributed by atoms with Crippen molar-refractivity contribution in [3.63, 3.8) is 0 Å². The van der Waals surface area contributed by atoms with E-state index < -0.39 is 6.43 Å². The molecule has 20 heavy (non-hydrogen) atoms. The minimum Gasteiger partial charge on any atom is -0.330 e. The Bertz CT molecular complexity index is 534. The fourth-order valence-corrected chi connectivity index (χ4v) is 2.70. The largest absolute Gasteiger partial charge is 0.330 e. The maximum absolute atomic E-state index is 12.1. The molecule has 1 atom stereocenters. The number of halogens is 2. The van der Waals surface area contributed by atoms with Gasteiger partial charge in [0.1, 0.15) is 0 Å². The number of fused-ring (bicyclic) bond motifs is 1. The predicted molar refractivity (Wildman–Crippen MR) is 80.2 cm³/mol. The van der Waals surface area contributed by atoms with Crippen LogP contribution in [0.5, 0.6) is 0 Å². The molecular formula is C17H21F2N. The monoisotopic (exact) mass is 277 g/mol. The van der Waals surface area contributed by atoms with Crippen LogP contribution >= 0.6 is 0 Å². The van der Waals surface area contributed by atoms with Gasteiger partial charge in [-0.3, -0.25) is 0 Å². The highest BCUT2D eigenvalue weighted by Gasteiger charge is 2.13. The van der Waals surface area contributed by atoms with Gasteiger partial charge < -0.3 is 5.73 Å². The molecule has 0 aliphatic rings. The van der Waals surface area contributed by atoms with Crippen LogP contribution in [-0.4, -0.2) is 13.0 Å². The quantitative estimate of drug-likeness (QED) is 0.729. The van der Waals surface area contributed by atoms with Crippen LogP contribution < -0.4 is 5.73 Å². The zero-order valence-corrected chi connectivity index (χ0v) is 11.6.